The van der Waals surface area contributed by atoms with Crippen LogP contribution in [0.5, 0.6) is 17.2 Å². The molecular weight excluding hydrogens is 648 g/mol. The largest absolute Gasteiger partial charge is 0.497 e. The van der Waals surface area contributed by atoms with E-state index in [0.717, 1.165) is 42.6 Å². The monoisotopic (exact) mass is 696 g/mol. The number of amides is 2. The number of carbonyl (C=O) groups excluding carboxylic acids is 2. The maximum atomic E-state index is 13.1. The number of nitrogens with one attached hydrogen (secondary N) is 1. The molecule has 2 aromatic carbocycles. The third kappa shape index (κ3) is 8.46. The second-order valence-electron chi connectivity index (χ2n) is 14.5. The van der Waals surface area contributed by atoms with Crippen LogP contribution in [0.2, 0.25) is 0 Å². The SMILES string of the molecule is CCCC(Oc1cccc(OCc2ccc(OC)cc2)c1-c1cc(C2CCN(C(=O)OC(C)(C)C)CC2)c2cc(C(N)=O)c(=O)[nH]c2n1)C1CC1. The van der Waals surface area contributed by atoms with Crippen molar-refractivity contribution in [3.05, 3.63) is 81.6 Å². The number of H-pyrrole nitrogens is 1. The van der Waals surface area contributed by atoms with E-state index in [9.17, 15) is 14.4 Å². The van der Waals surface area contributed by atoms with Gasteiger partial charge in [0.2, 0.25) is 0 Å². The van der Waals surface area contributed by atoms with Gasteiger partial charge in [-0.15, -0.1) is 0 Å². The third-order valence-electron chi connectivity index (χ3n) is 9.50. The van der Waals surface area contributed by atoms with E-state index in [1.54, 1.807) is 12.0 Å². The summed E-state index contributed by atoms with van der Waals surface area (Å²) in [6.45, 7) is 8.99. The van der Waals surface area contributed by atoms with Crippen LogP contribution in [-0.2, 0) is 11.3 Å². The molecule has 2 aromatic heterocycles. The predicted molar refractivity (Wildman–Crippen MR) is 195 cm³/mol. The number of carbonyl (C=O) groups is 2. The smallest absolute Gasteiger partial charge is 0.410 e. The number of primary amides is 1. The van der Waals surface area contributed by atoms with Gasteiger partial charge in [0.15, 0.2) is 0 Å². The van der Waals surface area contributed by atoms with Gasteiger partial charge in [0.05, 0.1) is 18.4 Å². The number of rotatable bonds is 12. The van der Waals surface area contributed by atoms with Crippen LogP contribution >= 0.6 is 0 Å². The number of pyridine rings is 2. The Kier molecular flexibility index (Phi) is 10.5. The summed E-state index contributed by atoms with van der Waals surface area (Å²) < 4.78 is 24.3. The molecule has 1 saturated heterocycles. The van der Waals surface area contributed by atoms with E-state index in [1.807, 2.05) is 69.3 Å². The molecule has 51 heavy (non-hydrogen) atoms. The van der Waals surface area contributed by atoms with E-state index in [2.05, 4.69) is 11.9 Å². The highest BCUT2D eigenvalue weighted by atomic mass is 16.6. The normalized spacial score (nSPS) is 15.7. The number of hydrogen-bond acceptors (Lipinski definition) is 8. The van der Waals surface area contributed by atoms with Crippen LogP contribution in [0.4, 0.5) is 4.79 Å². The number of benzene rings is 2. The van der Waals surface area contributed by atoms with E-state index >= 15 is 0 Å². The number of aromatic nitrogens is 2. The van der Waals surface area contributed by atoms with Crippen LogP contribution in [0.25, 0.3) is 22.3 Å². The lowest BCUT2D eigenvalue weighted by atomic mass is 9.86. The van der Waals surface area contributed by atoms with Gasteiger partial charge in [0.25, 0.3) is 11.5 Å². The van der Waals surface area contributed by atoms with Crippen LogP contribution < -0.4 is 25.5 Å². The first kappa shape index (κ1) is 35.8. The number of likely N-dealkylation sites (tertiary alicyclic amines) is 1. The molecule has 0 spiro atoms. The molecule has 3 heterocycles. The van der Waals surface area contributed by atoms with Gasteiger partial charge in [-0.25, -0.2) is 9.78 Å². The van der Waals surface area contributed by atoms with Gasteiger partial charge >= 0.3 is 6.09 Å². The average Bonchev–Trinajstić information content (AvgIpc) is 3.95. The Hall–Kier alpha value is -5.06. The third-order valence-corrected chi connectivity index (χ3v) is 9.50. The first-order valence-electron chi connectivity index (χ1n) is 17.9. The van der Waals surface area contributed by atoms with E-state index in [4.69, 9.17) is 29.7 Å². The molecule has 1 aliphatic carbocycles. The number of nitrogens with zero attached hydrogens (tertiary/aromatic N) is 2. The number of ether oxygens (including phenoxy) is 4. The standard InChI is InChI=1S/C40H48N4O7/c1-6-8-32(26-13-14-26)50-34-10-7-9-33(49-23-24-11-15-27(48-5)16-12-24)35(34)31-22-28(29-21-30(36(41)45)38(46)43-37(29)42-31)25-17-19-44(20-18-25)39(47)51-40(2,3)4/h7,9-12,15-16,21-22,25-26,32H,6,8,13-14,17-20,23H2,1-5H3,(H2,41,45)(H,42,43,46). The van der Waals surface area contributed by atoms with Gasteiger partial charge in [-0.1, -0.05) is 31.5 Å². The molecule has 1 saturated carbocycles. The minimum Gasteiger partial charge on any atom is -0.497 e. The van der Waals surface area contributed by atoms with Crippen molar-refractivity contribution in [1.29, 1.82) is 0 Å². The first-order valence-corrected chi connectivity index (χ1v) is 17.9. The van der Waals surface area contributed by atoms with Crippen molar-refractivity contribution >= 4 is 23.0 Å². The summed E-state index contributed by atoms with van der Waals surface area (Å²) in [5, 5.41) is 0.629. The number of nitrogens with two attached hydrogens (primary N) is 1. The maximum Gasteiger partial charge on any atom is 0.410 e. The van der Waals surface area contributed by atoms with Crippen molar-refractivity contribution < 1.29 is 28.5 Å². The summed E-state index contributed by atoms with van der Waals surface area (Å²) in [5.41, 5.74) is 7.71. The minimum atomic E-state index is -0.817. The molecule has 1 unspecified atom stereocenters. The fourth-order valence-corrected chi connectivity index (χ4v) is 6.73. The van der Waals surface area contributed by atoms with Crippen molar-refractivity contribution in [3.8, 4) is 28.5 Å². The van der Waals surface area contributed by atoms with Gasteiger partial charge < -0.3 is 34.6 Å². The molecule has 6 rings (SSSR count). The van der Waals surface area contributed by atoms with Crippen molar-refractivity contribution in [3.63, 3.8) is 0 Å². The van der Waals surface area contributed by atoms with Gasteiger partial charge in [-0.2, -0.15) is 0 Å². The van der Waals surface area contributed by atoms with Crippen molar-refractivity contribution in [2.45, 2.75) is 90.4 Å². The maximum absolute atomic E-state index is 13.1. The van der Waals surface area contributed by atoms with Crippen LogP contribution in [0.3, 0.4) is 0 Å². The Labute approximate surface area is 298 Å². The molecule has 11 nitrogen and oxygen atoms in total. The average molecular weight is 697 g/mol. The summed E-state index contributed by atoms with van der Waals surface area (Å²) >= 11 is 0. The molecule has 3 N–H and O–H groups in total. The molecule has 1 atom stereocenters. The second-order valence-corrected chi connectivity index (χ2v) is 14.5. The van der Waals surface area contributed by atoms with Gasteiger partial charge in [-0.05, 0) is 112 Å². The first-order chi connectivity index (χ1) is 24.4. The highest BCUT2D eigenvalue weighted by Crippen LogP contribution is 2.44. The lowest BCUT2D eigenvalue weighted by Gasteiger charge is -2.34. The van der Waals surface area contributed by atoms with Gasteiger partial charge in [0.1, 0.15) is 46.8 Å². The summed E-state index contributed by atoms with van der Waals surface area (Å²) in [5.74, 6) is 1.67. The van der Waals surface area contributed by atoms with Crippen LogP contribution in [-0.4, -0.2) is 58.8 Å². The number of aromatic amines is 1. The van der Waals surface area contributed by atoms with Gasteiger partial charge in [0, 0.05) is 18.5 Å². The van der Waals surface area contributed by atoms with Crippen LogP contribution in [0.15, 0.2) is 59.4 Å². The summed E-state index contributed by atoms with van der Waals surface area (Å²) in [7, 11) is 1.63. The zero-order valence-electron chi connectivity index (χ0n) is 30.1. The Morgan fingerprint density at radius 1 is 1.02 bits per heavy atom. The fraction of sp³-hybridized carbons (Fsp3) is 0.450. The number of piperidine rings is 1. The lowest BCUT2D eigenvalue weighted by Crippen LogP contribution is -2.41. The molecule has 0 radical (unpaired) electrons. The quantitative estimate of drug-likeness (QED) is 0.156. The highest BCUT2D eigenvalue weighted by molar-refractivity contribution is 5.97. The van der Waals surface area contributed by atoms with Crippen LogP contribution in [0, 0.1) is 5.92 Å². The molecular formula is C40H48N4O7. The molecule has 270 valence electrons. The molecule has 2 fully saturated rings. The summed E-state index contributed by atoms with van der Waals surface area (Å²) in [4.78, 5) is 47.8. The molecule has 11 heteroatoms. The van der Waals surface area contributed by atoms with E-state index < -0.39 is 17.1 Å². The number of methoxy groups -OCH3 is 1. The van der Waals surface area contributed by atoms with Crippen LogP contribution in [0.1, 0.15) is 93.6 Å². The summed E-state index contributed by atoms with van der Waals surface area (Å²) in [6, 6.07) is 17.0. The fourth-order valence-electron chi connectivity index (χ4n) is 6.73. The van der Waals surface area contributed by atoms with Gasteiger partial charge in [-0.3, -0.25) is 9.59 Å². The zero-order chi connectivity index (χ0) is 36.3. The molecule has 2 amide bonds. The summed E-state index contributed by atoms with van der Waals surface area (Å²) in [6.07, 6.45) is 5.19. The number of hydrogen-bond donors (Lipinski definition) is 2. The molecule has 0 bridgehead atoms. The Balaban J connectivity index is 1.44. The second kappa shape index (κ2) is 15.0. The van der Waals surface area contributed by atoms with Crippen molar-refractivity contribution in [2.24, 2.45) is 11.7 Å². The van der Waals surface area contributed by atoms with E-state index in [1.165, 1.54) is 6.07 Å². The van der Waals surface area contributed by atoms with Crippen molar-refractivity contribution in [1.82, 2.24) is 14.9 Å². The topological polar surface area (TPSA) is 146 Å². The van der Waals surface area contributed by atoms with E-state index in [-0.39, 0.29) is 23.7 Å². The Morgan fingerprint density at radius 2 is 1.73 bits per heavy atom. The van der Waals surface area contributed by atoms with E-state index in [0.29, 0.717) is 72.2 Å². The highest BCUT2D eigenvalue weighted by Gasteiger charge is 2.34. The molecule has 4 aromatic rings. The predicted octanol–water partition coefficient (Wildman–Crippen LogP) is 7.35. The minimum absolute atomic E-state index is 0.0179. The van der Waals surface area contributed by atoms with Crippen molar-refractivity contribution in [2.75, 3.05) is 20.2 Å². The molecule has 1 aliphatic heterocycles. The lowest BCUT2D eigenvalue weighted by molar-refractivity contribution is 0.0205. The molecule has 2 aliphatic rings. The number of fused-ring (bicyclic) bond motifs is 1. The Morgan fingerprint density at radius 3 is 2.35 bits per heavy atom. The zero-order valence-corrected chi connectivity index (χ0v) is 30.1. The Bertz CT molecular complexity index is 1940.